The third-order valence-corrected chi connectivity index (χ3v) is 5.17. The van der Waals surface area contributed by atoms with Crippen molar-refractivity contribution in [3.05, 3.63) is 65.2 Å². The van der Waals surface area contributed by atoms with Gasteiger partial charge in [0.15, 0.2) is 0 Å². The number of aryl methyl sites for hydroxylation is 2. The molecule has 0 heterocycles. The van der Waals surface area contributed by atoms with Gasteiger partial charge in [0.1, 0.15) is 6.04 Å². The quantitative estimate of drug-likeness (QED) is 0.861. The van der Waals surface area contributed by atoms with Crippen LogP contribution in [0.5, 0.6) is 0 Å². The summed E-state index contributed by atoms with van der Waals surface area (Å²) in [5, 5.41) is 2.81. The van der Waals surface area contributed by atoms with Gasteiger partial charge in [0, 0.05) is 6.54 Å². The van der Waals surface area contributed by atoms with Crippen molar-refractivity contribution in [2.24, 2.45) is 0 Å². The normalized spacial score (nSPS) is 12.5. The third kappa shape index (κ3) is 5.06. The Hall–Kier alpha value is -2.34. The minimum Gasteiger partial charge on any atom is -0.350 e. The van der Waals surface area contributed by atoms with Crippen molar-refractivity contribution in [2.75, 3.05) is 10.6 Å². The first-order chi connectivity index (χ1) is 11.7. The van der Waals surface area contributed by atoms with E-state index in [4.69, 9.17) is 0 Å². The van der Waals surface area contributed by atoms with E-state index in [0.29, 0.717) is 12.2 Å². The van der Waals surface area contributed by atoms with E-state index in [0.717, 1.165) is 27.3 Å². The minimum absolute atomic E-state index is 0.340. The van der Waals surface area contributed by atoms with E-state index in [2.05, 4.69) is 5.32 Å². The van der Waals surface area contributed by atoms with Crippen LogP contribution in [0.1, 0.15) is 23.6 Å². The molecule has 0 aliphatic rings. The Bertz CT molecular complexity index is 845. The molecule has 1 amide bonds. The van der Waals surface area contributed by atoms with Gasteiger partial charge in [-0.3, -0.25) is 9.10 Å². The zero-order chi connectivity index (χ0) is 18.6. The molecular weight excluding hydrogens is 336 g/mol. The SMILES string of the molecule is Cc1ccc(CNC(=O)[C@H](C)N(c2cccc(C)c2)S(C)(=O)=O)cc1. The molecule has 0 unspecified atom stereocenters. The van der Waals surface area contributed by atoms with Gasteiger partial charge in [-0.2, -0.15) is 0 Å². The molecule has 0 radical (unpaired) electrons. The Balaban J connectivity index is 2.17. The van der Waals surface area contributed by atoms with Crippen molar-refractivity contribution in [1.29, 1.82) is 0 Å². The molecule has 0 aromatic heterocycles. The van der Waals surface area contributed by atoms with Crippen molar-refractivity contribution in [1.82, 2.24) is 5.32 Å². The summed E-state index contributed by atoms with van der Waals surface area (Å²) in [6.07, 6.45) is 1.11. The molecule has 134 valence electrons. The number of nitrogens with zero attached hydrogens (tertiary/aromatic N) is 1. The Morgan fingerprint density at radius 2 is 1.72 bits per heavy atom. The van der Waals surface area contributed by atoms with Gasteiger partial charge in [-0.15, -0.1) is 0 Å². The molecule has 2 rings (SSSR count). The Kier molecular flexibility index (Phi) is 5.85. The van der Waals surface area contributed by atoms with Gasteiger partial charge in [0.2, 0.25) is 15.9 Å². The molecule has 0 fully saturated rings. The molecule has 5 nitrogen and oxygen atoms in total. The fourth-order valence-electron chi connectivity index (χ4n) is 2.62. The highest BCUT2D eigenvalue weighted by Gasteiger charge is 2.28. The van der Waals surface area contributed by atoms with Crippen molar-refractivity contribution in [3.63, 3.8) is 0 Å². The van der Waals surface area contributed by atoms with Gasteiger partial charge in [-0.1, -0.05) is 42.0 Å². The number of carbonyl (C=O) groups excluding carboxylic acids is 1. The average Bonchev–Trinajstić information content (AvgIpc) is 2.53. The number of hydrogen-bond donors (Lipinski definition) is 1. The molecule has 2 aromatic rings. The standard InChI is InChI=1S/C19H24N2O3S/c1-14-8-10-17(11-9-14)13-20-19(22)16(3)21(25(4,23)24)18-7-5-6-15(2)12-18/h5-12,16H,13H2,1-4H3,(H,20,22)/t16-/m0/s1. The van der Waals surface area contributed by atoms with Crippen molar-refractivity contribution < 1.29 is 13.2 Å². The minimum atomic E-state index is -3.60. The lowest BCUT2D eigenvalue weighted by molar-refractivity contribution is -0.122. The Labute approximate surface area is 149 Å². The molecular formula is C19H24N2O3S. The third-order valence-electron chi connectivity index (χ3n) is 3.93. The molecule has 0 bridgehead atoms. The highest BCUT2D eigenvalue weighted by atomic mass is 32.2. The van der Waals surface area contributed by atoms with Crippen molar-refractivity contribution in [3.8, 4) is 0 Å². The fraction of sp³-hybridized carbons (Fsp3) is 0.316. The van der Waals surface area contributed by atoms with Gasteiger partial charge >= 0.3 is 0 Å². The maximum atomic E-state index is 12.5. The summed E-state index contributed by atoms with van der Waals surface area (Å²) in [5.41, 5.74) is 3.53. The largest absolute Gasteiger partial charge is 0.350 e. The van der Waals surface area contributed by atoms with Gasteiger partial charge in [0.25, 0.3) is 0 Å². The summed E-state index contributed by atoms with van der Waals surface area (Å²) in [6, 6.07) is 14.1. The molecule has 6 heteroatoms. The van der Waals surface area contributed by atoms with Crippen molar-refractivity contribution in [2.45, 2.75) is 33.4 Å². The zero-order valence-corrected chi connectivity index (χ0v) is 15.8. The number of benzene rings is 2. The number of nitrogens with one attached hydrogen (secondary N) is 1. The second-order valence-corrected chi connectivity index (χ2v) is 8.14. The molecule has 0 aliphatic heterocycles. The maximum Gasteiger partial charge on any atom is 0.243 e. The molecule has 0 spiro atoms. The molecule has 25 heavy (non-hydrogen) atoms. The second-order valence-electron chi connectivity index (χ2n) is 6.28. The number of carbonyl (C=O) groups is 1. The van der Waals surface area contributed by atoms with E-state index in [1.165, 1.54) is 0 Å². The molecule has 1 atom stereocenters. The van der Waals surface area contributed by atoms with E-state index in [1.54, 1.807) is 25.1 Å². The second kappa shape index (κ2) is 7.70. The summed E-state index contributed by atoms with van der Waals surface area (Å²) in [5.74, 6) is -0.340. The van der Waals surface area contributed by atoms with E-state index in [-0.39, 0.29) is 5.91 Å². The topological polar surface area (TPSA) is 66.5 Å². The van der Waals surface area contributed by atoms with E-state index in [1.807, 2.05) is 44.2 Å². The van der Waals surface area contributed by atoms with Crippen LogP contribution in [0, 0.1) is 13.8 Å². The van der Waals surface area contributed by atoms with E-state index < -0.39 is 16.1 Å². The summed E-state index contributed by atoms with van der Waals surface area (Å²) in [4.78, 5) is 12.5. The summed E-state index contributed by atoms with van der Waals surface area (Å²) in [6.45, 7) is 5.82. The van der Waals surface area contributed by atoms with Crippen LogP contribution < -0.4 is 9.62 Å². The molecule has 0 saturated carbocycles. The van der Waals surface area contributed by atoms with Crippen LogP contribution in [0.2, 0.25) is 0 Å². The predicted molar refractivity (Wildman–Crippen MR) is 101 cm³/mol. The predicted octanol–water partition coefficient (Wildman–Crippen LogP) is 2.77. The van der Waals surface area contributed by atoms with Gasteiger partial charge < -0.3 is 5.32 Å². The zero-order valence-electron chi connectivity index (χ0n) is 15.0. The Morgan fingerprint density at radius 3 is 2.28 bits per heavy atom. The van der Waals surface area contributed by atoms with Gasteiger partial charge in [0.05, 0.1) is 11.9 Å². The van der Waals surface area contributed by atoms with Crippen LogP contribution in [0.25, 0.3) is 0 Å². The van der Waals surface area contributed by atoms with Crippen LogP contribution in [-0.2, 0) is 21.4 Å². The maximum absolute atomic E-state index is 12.5. The lowest BCUT2D eigenvalue weighted by Crippen LogP contribution is -2.47. The Morgan fingerprint density at radius 1 is 1.08 bits per heavy atom. The highest BCUT2D eigenvalue weighted by molar-refractivity contribution is 7.92. The highest BCUT2D eigenvalue weighted by Crippen LogP contribution is 2.22. The number of rotatable bonds is 6. The van der Waals surface area contributed by atoms with Crippen LogP contribution in [0.15, 0.2) is 48.5 Å². The summed E-state index contributed by atoms with van der Waals surface area (Å²) >= 11 is 0. The average molecular weight is 360 g/mol. The van der Waals surface area contributed by atoms with E-state index in [9.17, 15) is 13.2 Å². The van der Waals surface area contributed by atoms with E-state index >= 15 is 0 Å². The molecule has 0 aliphatic carbocycles. The fourth-order valence-corrected chi connectivity index (χ4v) is 3.78. The monoisotopic (exact) mass is 360 g/mol. The molecule has 0 saturated heterocycles. The van der Waals surface area contributed by atoms with Crippen LogP contribution in [-0.4, -0.2) is 26.6 Å². The lowest BCUT2D eigenvalue weighted by atomic mass is 10.1. The van der Waals surface area contributed by atoms with Crippen molar-refractivity contribution >= 4 is 21.6 Å². The lowest BCUT2D eigenvalue weighted by Gasteiger charge is -2.28. The van der Waals surface area contributed by atoms with Crippen LogP contribution in [0.3, 0.4) is 0 Å². The first-order valence-corrected chi connectivity index (χ1v) is 9.92. The first kappa shape index (κ1) is 19.0. The first-order valence-electron chi connectivity index (χ1n) is 8.08. The summed E-state index contributed by atoms with van der Waals surface area (Å²) in [7, 11) is -3.60. The van der Waals surface area contributed by atoms with Crippen LogP contribution >= 0.6 is 0 Å². The smallest absolute Gasteiger partial charge is 0.243 e. The summed E-state index contributed by atoms with van der Waals surface area (Å²) < 4.78 is 25.7. The van der Waals surface area contributed by atoms with Crippen LogP contribution in [0.4, 0.5) is 5.69 Å². The number of amides is 1. The number of anilines is 1. The molecule has 2 aromatic carbocycles. The molecule has 1 N–H and O–H groups in total. The van der Waals surface area contributed by atoms with Gasteiger partial charge in [-0.25, -0.2) is 8.42 Å². The number of sulfonamides is 1. The number of hydrogen-bond acceptors (Lipinski definition) is 3. The van der Waals surface area contributed by atoms with Gasteiger partial charge in [-0.05, 0) is 44.0 Å².